The van der Waals surface area contributed by atoms with Crippen molar-refractivity contribution in [3.8, 4) is 0 Å². The molecule has 0 spiro atoms. The summed E-state index contributed by atoms with van der Waals surface area (Å²) in [6.45, 7) is 2.74. The summed E-state index contributed by atoms with van der Waals surface area (Å²) in [7, 11) is -4.47. The molecule has 2 aromatic rings. The van der Waals surface area contributed by atoms with E-state index in [4.69, 9.17) is 5.11 Å². The Bertz CT molecular complexity index is 975. The first-order chi connectivity index (χ1) is 13.2. The van der Waals surface area contributed by atoms with Crippen molar-refractivity contribution in [2.24, 2.45) is 4.99 Å². The van der Waals surface area contributed by atoms with Gasteiger partial charge in [0.2, 0.25) is 0 Å². The molecule has 0 saturated carbocycles. The summed E-state index contributed by atoms with van der Waals surface area (Å²) in [6, 6.07) is 10.8. The highest BCUT2D eigenvalue weighted by molar-refractivity contribution is 7.93. The number of aliphatic hydroxyl groups is 2. The van der Waals surface area contributed by atoms with E-state index in [0.29, 0.717) is 9.87 Å². The average molecular weight is 407 g/mol. The van der Waals surface area contributed by atoms with Gasteiger partial charge >= 0.3 is 0 Å². The zero-order valence-corrected chi connectivity index (χ0v) is 16.2. The first-order valence-electron chi connectivity index (χ1n) is 8.39. The fraction of sp³-hybridized carbons (Fsp3) is 0.278. The lowest BCUT2D eigenvalue weighted by atomic mass is 10.2. The van der Waals surface area contributed by atoms with Crippen molar-refractivity contribution in [1.82, 2.24) is 0 Å². The number of para-hydroxylation sites is 2. The Morgan fingerprint density at radius 1 is 1.18 bits per heavy atom. The molecule has 0 saturated heterocycles. The van der Waals surface area contributed by atoms with Crippen LogP contribution in [0.25, 0.3) is 0 Å². The largest absolute Gasteiger partial charge is 0.394 e. The van der Waals surface area contributed by atoms with Crippen LogP contribution in [0.2, 0.25) is 0 Å². The number of hydrogen-bond acceptors (Lipinski definition) is 7. The summed E-state index contributed by atoms with van der Waals surface area (Å²) >= 11 is 0. The Morgan fingerprint density at radius 3 is 2.39 bits per heavy atom. The summed E-state index contributed by atoms with van der Waals surface area (Å²) in [5.74, 6) is 0. The fourth-order valence-electron chi connectivity index (χ4n) is 2.52. The maximum Gasteiger partial charge on any atom is 0.289 e. The highest BCUT2D eigenvalue weighted by Crippen LogP contribution is 2.32. The van der Waals surface area contributed by atoms with Gasteiger partial charge in [-0.1, -0.05) is 30.3 Å². The van der Waals surface area contributed by atoms with Gasteiger partial charge in [0.05, 0.1) is 23.3 Å². The molecule has 1 unspecified atom stereocenters. The molecule has 0 aliphatic carbocycles. The van der Waals surface area contributed by atoms with Gasteiger partial charge in [-0.2, -0.15) is 0 Å². The molecule has 2 N–H and O–H groups in total. The van der Waals surface area contributed by atoms with E-state index in [1.54, 1.807) is 25.1 Å². The van der Waals surface area contributed by atoms with E-state index >= 15 is 0 Å². The molecule has 2 rings (SSSR count). The van der Waals surface area contributed by atoms with E-state index in [1.165, 1.54) is 31.3 Å². The van der Waals surface area contributed by atoms with Crippen molar-refractivity contribution in [2.75, 3.05) is 10.9 Å². The molecule has 28 heavy (non-hydrogen) atoms. The molecule has 0 heterocycles. The van der Waals surface area contributed by atoms with E-state index in [9.17, 15) is 23.6 Å². The van der Waals surface area contributed by atoms with Crippen LogP contribution in [0, 0.1) is 10.1 Å². The van der Waals surface area contributed by atoms with Gasteiger partial charge in [0, 0.05) is 17.8 Å². The van der Waals surface area contributed by atoms with Gasteiger partial charge in [0.1, 0.15) is 6.23 Å². The molecule has 0 bridgehead atoms. The second kappa shape index (κ2) is 8.91. The number of nitro groups is 1. The van der Waals surface area contributed by atoms with E-state index in [1.807, 2.05) is 0 Å². The molecule has 0 aromatic heterocycles. The number of aliphatic imine (C=N–C) groups is 1. The van der Waals surface area contributed by atoms with Gasteiger partial charge in [-0.3, -0.25) is 15.1 Å². The average Bonchev–Trinajstić information content (AvgIpc) is 2.66. The molecule has 10 heteroatoms. The summed E-state index contributed by atoms with van der Waals surface area (Å²) in [4.78, 5) is 14.1. The molecule has 0 amide bonds. The number of nitrogens with zero attached hydrogens (tertiary/aromatic N) is 3. The van der Waals surface area contributed by atoms with E-state index in [0.717, 1.165) is 12.1 Å². The zero-order chi connectivity index (χ0) is 20.9. The van der Waals surface area contributed by atoms with E-state index in [2.05, 4.69) is 4.99 Å². The number of benzene rings is 2. The van der Waals surface area contributed by atoms with Crippen LogP contribution in [-0.4, -0.2) is 48.6 Å². The molecule has 2 atom stereocenters. The lowest BCUT2D eigenvalue weighted by Gasteiger charge is -2.28. The summed E-state index contributed by atoms with van der Waals surface area (Å²) in [5, 5.41) is 30.6. The smallest absolute Gasteiger partial charge is 0.289 e. The van der Waals surface area contributed by atoms with Gasteiger partial charge < -0.3 is 10.2 Å². The van der Waals surface area contributed by atoms with Gasteiger partial charge in [-0.25, -0.2) is 12.7 Å². The molecular weight excluding hydrogens is 386 g/mol. The third kappa shape index (κ3) is 4.53. The minimum Gasteiger partial charge on any atom is -0.394 e. The predicted octanol–water partition coefficient (Wildman–Crippen LogP) is 1.93. The number of nitro benzene ring substituents is 1. The SMILES string of the molecule is CC(O)N(c1ccccc1C=N[C@H](C)CO)S(=O)(=O)c1ccccc1[N+](=O)[O-]. The van der Waals surface area contributed by atoms with Crippen LogP contribution in [0.4, 0.5) is 11.4 Å². The number of sulfonamides is 1. The number of aliphatic hydroxyl groups excluding tert-OH is 2. The van der Waals surface area contributed by atoms with Crippen molar-refractivity contribution in [3.05, 3.63) is 64.2 Å². The molecule has 0 aliphatic heterocycles. The van der Waals surface area contributed by atoms with E-state index in [-0.39, 0.29) is 12.3 Å². The van der Waals surface area contributed by atoms with Crippen molar-refractivity contribution >= 4 is 27.6 Å². The summed E-state index contributed by atoms with van der Waals surface area (Å²) in [6.07, 6.45) is -0.116. The van der Waals surface area contributed by atoms with Gasteiger partial charge in [-0.15, -0.1) is 0 Å². The van der Waals surface area contributed by atoms with Gasteiger partial charge in [0.15, 0.2) is 4.90 Å². The second-order valence-corrected chi connectivity index (χ2v) is 7.81. The highest BCUT2D eigenvalue weighted by atomic mass is 32.2. The zero-order valence-electron chi connectivity index (χ0n) is 15.3. The third-order valence-electron chi connectivity index (χ3n) is 3.84. The fourth-order valence-corrected chi connectivity index (χ4v) is 4.21. The normalized spacial score (nSPS) is 14.0. The maximum atomic E-state index is 13.2. The number of hydrogen-bond donors (Lipinski definition) is 2. The molecule has 150 valence electrons. The summed E-state index contributed by atoms with van der Waals surface area (Å²) < 4.78 is 27.2. The first-order valence-corrected chi connectivity index (χ1v) is 9.83. The Morgan fingerprint density at radius 2 is 1.79 bits per heavy atom. The Balaban J connectivity index is 2.65. The molecular formula is C18H21N3O6S. The van der Waals surface area contributed by atoms with E-state index < -0.39 is 37.8 Å². The Hall–Kier alpha value is -2.82. The van der Waals surface area contributed by atoms with Crippen molar-refractivity contribution in [1.29, 1.82) is 0 Å². The van der Waals surface area contributed by atoms with Crippen LogP contribution in [0.5, 0.6) is 0 Å². The standard InChI is InChI=1S/C18H21N3O6S/c1-13(12-22)19-11-15-7-3-4-8-16(15)20(14(2)23)28(26,27)18-10-6-5-9-17(18)21(24)25/h3-11,13-14,22-23H,12H2,1-2H3/t13-,14?/m1/s1. The molecule has 0 aliphatic rings. The van der Waals surface area contributed by atoms with Crippen LogP contribution in [0.3, 0.4) is 0 Å². The number of anilines is 1. The van der Waals surface area contributed by atoms with Crippen molar-refractivity contribution in [2.45, 2.75) is 31.0 Å². The van der Waals surface area contributed by atoms with Crippen LogP contribution < -0.4 is 4.31 Å². The van der Waals surface area contributed by atoms with Crippen molar-refractivity contribution in [3.63, 3.8) is 0 Å². The maximum absolute atomic E-state index is 13.2. The highest BCUT2D eigenvalue weighted by Gasteiger charge is 2.35. The minimum absolute atomic E-state index is 0.101. The second-order valence-electron chi connectivity index (χ2n) is 6.03. The number of rotatable bonds is 8. The van der Waals surface area contributed by atoms with Crippen LogP contribution >= 0.6 is 0 Å². The summed E-state index contributed by atoms with van der Waals surface area (Å²) in [5.41, 5.74) is -0.122. The van der Waals surface area contributed by atoms with Crippen LogP contribution in [0.1, 0.15) is 19.4 Å². The monoisotopic (exact) mass is 407 g/mol. The lowest BCUT2D eigenvalue weighted by Crippen LogP contribution is -2.39. The molecule has 0 radical (unpaired) electrons. The lowest BCUT2D eigenvalue weighted by molar-refractivity contribution is -0.387. The third-order valence-corrected chi connectivity index (χ3v) is 5.77. The minimum atomic E-state index is -4.47. The molecule has 9 nitrogen and oxygen atoms in total. The Kier molecular flexibility index (Phi) is 6.84. The first kappa shape index (κ1) is 21.5. The topological polar surface area (TPSA) is 133 Å². The van der Waals surface area contributed by atoms with Crippen molar-refractivity contribution < 1.29 is 23.6 Å². The quantitative estimate of drug-likeness (QED) is 0.297. The molecule has 0 fully saturated rings. The van der Waals surface area contributed by atoms with Gasteiger partial charge in [-0.05, 0) is 26.0 Å². The van der Waals surface area contributed by atoms with Crippen LogP contribution in [0.15, 0.2) is 58.4 Å². The predicted molar refractivity (Wildman–Crippen MR) is 105 cm³/mol. The van der Waals surface area contributed by atoms with Gasteiger partial charge in [0.25, 0.3) is 15.7 Å². The molecule has 2 aromatic carbocycles. The Labute approximate surface area is 162 Å². The van der Waals surface area contributed by atoms with Crippen LogP contribution in [-0.2, 0) is 10.0 Å².